The maximum atomic E-state index is 6.07. The molecule has 0 radical (unpaired) electrons. The van der Waals surface area contributed by atoms with E-state index in [4.69, 9.17) is 28.8 Å². The van der Waals surface area contributed by atoms with Gasteiger partial charge < -0.3 is 17.2 Å². The summed E-state index contributed by atoms with van der Waals surface area (Å²) in [6.45, 7) is 2.11. The Morgan fingerprint density at radius 1 is 1.29 bits per heavy atom. The van der Waals surface area contributed by atoms with Crippen LogP contribution < -0.4 is 17.2 Å². The standard InChI is InChI=1S/C11H16ClN5/c1-2-3-7-4-5-9(8(12)6-7)16-11(15)17-10(13)14/h4-6H,2-3H2,1H3,(H6,13,14,15,16,17). The zero-order chi connectivity index (χ0) is 12.8. The zero-order valence-corrected chi connectivity index (χ0v) is 10.4. The Hall–Kier alpha value is -1.75. The molecule has 0 bridgehead atoms. The summed E-state index contributed by atoms with van der Waals surface area (Å²) >= 11 is 6.07. The fraction of sp³-hybridized carbons (Fsp3) is 0.273. The summed E-state index contributed by atoms with van der Waals surface area (Å²) in [4.78, 5) is 7.63. The van der Waals surface area contributed by atoms with Crippen molar-refractivity contribution in [2.75, 3.05) is 0 Å². The highest BCUT2D eigenvalue weighted by Crippen LogP contribution is 2.26. The van der Waals surface area contributed by atoms with E-state index in [-0.39, 0.29) is 11.9 Å². The van der Waals surface area contributed by atoms with Crippen molar-refractivity contribution < 1.29 is 0 Å². The summed E-state index contributed by atoms with van der Waals surface area (Å²) in [5.74, 6) is -0.153. The number of aliphatic imine (C=N–C) groups is 2. The van der Waals surface area contributed by atoms with Gasteiger partial charge in [0.05, 0.1) is 10.7 Å². The van der Waals surface area contributed by atoms with E-state index in [9.17, 15) is 0 Å². The van der Waals surface area contributed by atoms with Crippen LogP contribution in [0.2, 0.25) is 5.02 Å². The molecule has 0 spiro atoms. The Labute approximate surface area is 105 Å². The number of nitrogens with two attached hydrogens (primary N) is 3. The summed E-state index contributed by atoms with van der Waals surface area (Å²) in [6, 6.07) is 5.62. The molecule has 0 aliphatic carbocycles. The molecule has 17 heavy (non-hydrogen) atoms. The van der Waals surface area contributed by atoms with Crippen LogP contribution in [-0.2, 0) is 6.42 Å². The Balaban J connectivity index is 2.96. The van der Waals surface area contributed by atoms with E-state index in [1.807, 2.05) is 12.1 Å². The summed E-state index contributed by atoms with van der Waals surface area (Å²) in [6.07, 6.45) is 2.04. The first-order valence-corrected chi connectivity index (χ1v) is 5.63. The van der Waals surface area contributed by atoms with Crippen molar-refractivity contribution in [3.8, 4) is 0 Å². The lowest BCUT2D eigenvalue weighted by Crippen LogP contribution is -2.26. The van der Waals surface area contributed by atoms with E-state index in [2.05, 4.69) is 16.9 Å². The summed E-state index contributed by atoms with van der Waals surface area (Å²) in [5, 5.41) is 0.532. The van der Waals surface area contributed by atoms with Gasteiger partial charge in [0.1, 0.15) is 0 Å². The van der Waals surface area contributed by atoms with Crippen molar-refractivity contribution in [1.29, 1.82) is 0 Å². The van der Waals surface area contributed by atoms with Gasteiger partial charge >= 0.3 is 0 Å². The second-order valence-corrected chi connectivity index (χ2v) is 3.95. The highest BCUT2D eigenvalue weighted by atomic mass is 35.5. The SMILES string of the molecule is CCCc1ccc(N=C(N)N=C(N)N)c(Cl)c1. The van der Waals surface area contributed by atoms with Gasteiger partial charge in [-0.1, -0.05) is 31.0 Å². The number of nitrogens with zero attached hydrogens (tertiary/aromatic N) is 2. The predicted molar refractivity (Wildman–Crippen MR) is 72.5 cm³/mol. The number of benzene rings is 1. The third-order valence-corrected chi connectivity index (χ3v) is 2.33. The van der Waals surface area contributed by atoms with Gasteiger partial charge in [0.15, 0.2) is 5.96 Å². The third kappa shape index (κ3) is 4.32. The molecular formula is C11H16ClN5. The minimum atomic E-state index is -0.134. The van der Waals surface area contributed by atoms with Gasteiger partial charge in [0.2, 0.25) is 5.96 Å². The molecule has 0 saturated heterocycles. The Kier molecular flexibility index (Phi) is 4.78. The van der Waals surface area contributed by atoms with Crippen molar-refractivity contribution >= 4 is 29.2 Å². The van der Waals surface area contributed by atoms with Crippen molar-refractivity contribution in [3.63, 3.8) is 0 Å². The second kappa shape index (κ2) is 6.10. The molecule has 0 saturated carbocycles. The molecule has 0 atom stereocenters. The molecule has 1 aromatic carbocycles. The number of guanidine groups is 2. The van der Waals surface area contributed by atoms with E-state index in [0.29, 0.717) is 10.7 Å². The largest absolute Gasteiger partial charge is 0.370 e. The number of halogens is 1. The average molecular weight is 254 g/mol. The van der Waals surface area contributed by atoms with Crippen molar-refractivity contribution in [3.05, 3.63) is 28.8 Å². The summed E-state index contributed by atoms with van der Waals surface area (Å²) in [5.41, 5.74) is 17.6. The molecule has 5 nitrogen and oxygen atoms in total. The maximum absolute atomic E-state index is 6.07. The molecule has 0 amide bonds. The number of hydrogen-bond donors (Lipinski definition) is 3. The molecule has 92 valence electrons. The first kappa shape index (κ1) is 13.3. The molecule has 1 aromatic rings. The maximum Gasteiger partial charge on any atom is 0.223 e. The Morgan fingerprint density at radius 3 is 2.53 bits per heavy atom. The number of hydrogen-bond acceptors (Lipinski definition) is 1. The average Bonchev–Trinajstić information content (AvgIpc) is 2.21. The lowest BCUT2D eigenvalue weighted by atomic mass is 10.1. The van der Waals surface area contributed by atoms with Crippen LogP contribution in [0.15, 0.2) is 28.2 Å². The lowest BCUT2D eigenvalue weighted by molar-refractivity contribution is 0.922. The van der Waals surface area contributed by atoms with Gasteiger partial charge in [-0.15, -0.1) is 0 Å². The van der Waals surface area contributed by atoms with Gasteiger partial charge in [-0.25, -0.2) is 4.99 Å². The molecule has 6 heteroatoms. The molecule has 0 aromatic heterocycles. The molecule has 1 rings (SSSR count). The fourth-order valence-electron chi connectivity index (χ4n) is 1.37. The van der Waals surface area contributed by atoms with Gasteiger partial charge in [-0.2, -0.15) is 4.99 Å². The Bertz CT molecular complexity index is 449. The van der Waals surface area contributed by atoms with E-state index >= 15 is 0 Å². The van der Waals surface area contributed by atoms with Gasteiger partial charge in [-0.05, 0) is 24.1 Å². The van der Waals surface area contributed by atoms with Gasteiger partial charge in [-0.3, -0.25) is 0 Å². The normalized spacial score (nSPS) is 11.3. The number of aryl methyl sites for hydroxylation is 1. The van der Waals surface area contributed by atoms with Gasteiger partial charge in [0.25, 0.3) is 0 Å². The monoisotopic (exact) mass is 253 g/mol. The predicted octanol–water partition coefficient (Wildman–Crippen LogP) is 1.51. The van der Waals surface area contributed by atoms with Crippen LogP contribution in [-0.4, -0.2) is 11.9 Å². The van der Waals surface area contributed by atoms with Crippen LogP contribution in [0.25, 0.3) is 0 Å². The van der Waals surface area contributed by atoms with Crippen LogP contribution in [0, 0.1) is 0 Å². The van der Waals surface area contributed by atoms with E-state index in [1.165, 1.54) is 0 Å². The molecule has 0 fully saturated rings. The molecule has 0 heterocycles. The van der Waals surface area contributed by atoms with Gasteiger partial charge in [0, 0.05) is 0 Å². The van der Waals surface area contributed by atoms with Crippen LogP contribution in [0.5, 0.6) is 0 Å². The van der Waals surface area contributed by atoms with Crippen LogP contribution in [0.3, 0.4) is 0 Å². The summed E-state index contributed by atoms with van der Waals surface area (Å²) in [7, 11) is 0. The van der Waals surface area contributed by atoms with E-state index < -0.39 is 0 Å². The second-order valence-electron chi connectivity index (χ2n) is 3.54. The van der Waals surface area contributed by atoms with Crippen LogP contribution in [0.4, 0.5) is 5.69 Å². The van der Waals surface area contributed by atoms with Crippen LogP contribution >= 0.6 is 11.6 Å². The number of rotatable bonds is 3. The third-order valence-electron chi connectivity index (χ3n) is 2.03. The van der Waals surface area contributed by atoms with Crippen molar-refractivity contribution in [2.45, 2.75) is 19.8 Å². The quantitative estimate of drug-likeness (QED) is 0.562. The first-order chi connectivity index (χ1) is 8.02. The highest BCUT2D eigenvalue weighted by molar-refractivity contribution is 6.33. The van der Waals surface area contributed by atoms with Crippen molar-refractivity contribution in [1.82, 2.24) is 0 Å². The smallest absolute Gasteiger partial charge is 0.223 e. The Morgan fingerprint density at radius 2 is 2.00 bits per heavy atom. The molecule has 0 unspecified atom stereocenters. The first-order valence-electron chi connectivity index (χ1n) is 5.25. The van der Waals surface area contributed by atoms with Crippen molar-refractivity contribution in [2.24, 2.45) is 27.2 Å². The zero-order valence-electron chi connectivity index (χ0n) is 9.65. The molecule has 0 aliphatic rings. The minimum Gasteiger partial charge on any atom is -0.370 e. The van der Waals surface area contributed by atoms with E-state index in [0.717, 1.165) is 18.4 Å². The summed E-state index contributed by atoms with van der Waals surface area (Å²) < 4.78 is 0. The topological polar surface area (TPSA) is 103 Å². The van der Waals surface area contributed by atoms with Crippen LogP contribution in [0.1, 0.15) is 18.9 Å². The lowest BCUT2D eigenvalue weighted by Gasteiger charge is -2.03. The fourth-order valence-corrected chi connectivity index (χ4v) is 1.61. The van der Waals surface area contributed by atoms with E-state index in [1.54, 1.807) is 6.07 Å². The minimum absolute atomic E-state index is 0.0184. The molecule has 6 N–H and O–H groups in total. The molecular weight excluding hydrogens is 238 g/mol. The highest BCUT2D eigenvalue weighted by Gasteiger charge is 2.01. The molecule has 0 aliphatic heterocycles.